The second-order valence-electron chi connectivity index (χ2n) is 19.4. The van der Waals surface area contributed by atoms with Crippen LogP contribution in [-0.4, -0.2) is 4.98 Å². The van der Waals surface area contributed by atoms with Crippen molar-refractivity contribution in [2.45, 2.75) is 26.2 Å². The van der Waals surface area contributed by atoms with Crippen molar-refractivity contribution >= 4 is 57.0 Å². The second kappa shape index (κ2) is 20.2. The van der Waals surface area contributed by atoms with Gasteiger partial charge in [0.05, 0.1) is 19.4 Å². The monoisotopic (exact) mass is 1170 g/mol. The predicted molar refractivity (Wildman–Crippen MR) is 312 cm³/mol. The second-order valence-corrected chi connectivity index (χ2v) is 19.4. The van der Waals surface area contributed by atoms with Crippen LogP contribution < -0.4 is 19.6 Å². The minimum absolute atomic E-state index is 0. The van der Waals surface area contributed by atoms with E-state index in [1.807, 2.05) is 109 Å². The quantitative estimate of drug-likeness (QED) is 0.134. The molecule has 0 saturated heterocycles. The molecule has 5 nitrogen and oxygen atoms in total. The van der Waals surface area contributed by atoms with Gasteiger partial charge in [0.2, 0.25) is 0 Å². The number of benzene rings is 10. The van der Waals surface area contributed by atoms with Gasteiger partial charge in [-0.25, -0.2) is 4.98 Å². The first-order chi connectivity index (χ1) is 41.0. The summed E-state index contributed by atoms with van der Waals surface area (Å²) in [5.41, 5.74) is 12.9. The van der Waals surface area contributed by atoms with Crippen LogP contribution >= 0.6 is 0 Å². The molecule has 2 aliphatic heterocycles. The van der Waals surface area contributed by atoms with E-state index in [1.165, 1.54) is 0 Å². The van der Waals surface area contributed by atoms with E-state index in [9.17, 15) is 5.48 Å². The number of rotatable bonds is 9. The van der Waals surface area contributed by atoms with Crippen molar-refractivity contribution in [1.82, 2.24) is 4.98 Å². The summed E-state index contributed by atoms with van der Waals surface area (Å²) in [5.74, 6) is 0.740. The number of pyridine rings is 1. The molecule has 0 N–H and O–H groups in total. The molecule has 11 aromatic rings. The summed E-state index contributed by atoms with van der Waals surface area (Å²) >= 11 is 0. The molecular formula is C70H52N5Pt-3. The van der Waals surface area contributed by atoms with Crippen molar-refractivity contribution in [1.29, 1.82) is 0 Å². The topological polar surface area (TPSA) is 25.9 Å². The van der Waals surface area contributed by atoms with E-state index in [2.05, 4.69) is 122 Å². The van der Waals surface area contributed by atoms with Gasteiger partial charge >= 0.3 is 0 Å². The van der Waals surface area contributed by atoms with E-state index in [0.717, 1.165) is 61.8 Å². The first kappa shape index (κ1) is 37.9. The van der Waals surface area contributed by atoms with Gasteiger partial charge in [-0.2, -0.15) is 6.07 Å². The Bertz CT molecular complexity index is 4350. The third kappa shape index (κ3) is 8.77. The maximum Gasteiger partial charge on any atom is 0.135 e. The SMILES string of the molecule is [2H]c1c([2H])c([2H])c(-c2cccc(-c3c([2H])c([2H])c([2H])c([2H])c3[2H])c2N2[CH-]N(c3[c-]c(N(c4[c-]c5c(cc4)-c4ccccc4-c4ccccc4N5c4cc(C(C)(C)C)ccn4)c4ccccc4)cc(-c4ccccc4)c3)c3ccccc32)c([2H])c1[2H].[Pt]. The Morgan fingerprint density at radius 2 is 1.04 bits per heavy atom. The Morgan fingerprint density at radius 3 is 1.70 bits per heavy atom. The van der Waals surface area contributed by atoms with Gasteiger partial charge in [0.15, 0.2) is 0 Å². The fraction of sp³-hybridized carbons (Fsp3) is 0.0571. The molecule has 0 radical (unpaired) electrons. The fourth-order valence-electron chi connectivity index (χ4n) is 10.2. The van der Waals surface area contributed by atoms with Crippen molar-refractivity contribution in [2.75, 3.05) is 19.6 Å². The number of nitrogens with zero attached hydrogens (tertiary/aromatic N) is 5. The summed E-state index contributed by atoms with van der Waals surface area (Å²) in [4.78, 5) is 13.2. The number of aromatic nitrogens is 1. The van der Waals surface area contributed by atoms with Gasteiger partial charge in [0.1, 0.15) is 5.82 Å². The Kier molecular flexibility index (Phi) is 10.1. The summed E-state index contributed by atoms with van der Waals surface area (Å²) in [6.45, 7) is 8.41. The molecule has 0 saturated carbocycles. The number of hydrogen-bond donors (Lipinski definition) is 0. The molecule has 3 heterocycles. The van der Waals surface area contributed by atoms with Gasteiger partial charge in [-0.3, -0.25) is 0 Å². The van der Waals surface area contributed by atoms with Crippen LogP contribution in [0.1, 0.15) is 40.0 Å². The summed E-state index contributed by atoms with van der Waals surface area (Å²) in [6.07, 6.45) is 1.88. The molecule has 0 aliphatic carbocycles. The average Bonchev–Trinajstić information content (AvgIpc) is 1.60. The van der Waals surface area contributed by atoms with E-state index >= 15 is 0 Å². The minimum Gasteiger partial charge on any atom is -0.493 e. The molecule has 13 rings (SSSR count). The molecule has 0 spiro atoms. The Morgan fingerprint density at radius 1 is 0.474 bits per heavy atom. The zero-order valence-corrected chi connectivity index (χ0v) is 43.9. The van der Waals surface area contributed by atoms with Gasteiger partial charge in [-0.15, -0.1) is 53.8 Å². The summed E-state index contributed by atoms with van der Waals surface area (Å²) in [6, 6.07) is 64.7. The van der Waals surface area contributed by atoms with Gasteiger partial charge < -0.3 is 19.6 Å². The van der Waals surface area contributed by atoms with E-state index in [0.29, 0.717) is 28.4 Å². The number of hydrogen-bond acceptors (Lipinski definition) is 5. The molecule has 0 amide bonds. The first-order valence-corrected chi connectivity index (χ1v) is 24.8. The molecule has 6 heteroatoms. The van der Waals surface area contributed by atoms with Crippen molar-refractivity contribution in [2.24, 2.45) is 0 Å². The molecule has 10 aromatic carbocycles. The zero-order chi connectivity index (χ0) is 59.2. The molecule has 0 bridgehead atoms. The zero-order valence-electron chi connectivity index (χ0n) is 51.6. The standard InChI is InChI=1S/C70H52N5.Pt/c1-70(2,3)53-41-42-71-68(45-53)75-64-36-19-18-33-62(64)60-31-16-17-32-61(60)63-40-39-55(47-67(63)75)74(54-29-14-7-15-30-54)57-44-52(49-23-8-4-9-24-49)43-56(46-57)72-48-73(66-38-21-20-37-65(66)72)69-58(50-25-10-5-11-26-50)34-22-35-59(69)51-27-12-6-13-28-51;/h4-45,48H,1-3H3;/q-3;/i5D,6D,10D,11D,12D,13D,25D,26D,27D,28D;. The molecule has 76 heavy (non-hydrogen) atoms. The van der Waals surface area contributed by atoms with Crippen LogP contribution in [0.15, 0.2) is 255 Å². The summed E-state index contributed by atoms with van der Waals surface area (Å²) in [5, 5.41) is 0. The van der Waals surface area contributed by atoms with Gasteiger partial charge in [0.25, 0.3) is 0 Å². The van der Waals surface area contributed by atoms with Crippen LogP contribution in [0.2, 0.25) is 0 Å². The van der Waals surface area contributed by atoms with Crippen LogP contribution in [0.3, 0.4) is 0 Å². The van der Waals surface area contributed by atoms with E-state index in [4.69, 9.17) is 13.2 Å². The molecule has 2 aliphatic rings. The molecule has 1 aromatic heterocycles. The van der Waals surface area contributed by atoms with Crippen LogP contribution in [0.25, 0.3) is 55.6 Å². The molecule has 0 unspecified atom stereocenters. The molecular weight excluding hydrogens is 1110 g/mol. The summed E-state index contributed by atoms with van der Waals surface area (Å²) < 4.78 is 89.1. The van der Waals surface area contributed by atoms with Crippen LogP contribution in [0, 0.1) is 18.8 Å². The van der Waals surface area contributed by atoms with Crippen molar-refractivity contribution in [3.8, 4) is 55.6 Å². The maximum absolute atomic E-state index is 9.25. The third-order valence-electron chi connectivity index (χ3n) is 13.8. The minimum atomic E-state index is -0.570. The van der Waals surface area contributed by atoms with Gasteiger partial charge in [-0.05, 0) is 75.7 Å². The van der Waals surface area contributed by atoms with E-state index < -0.39 is 60.4 Å². The van der Waals surface area contributed by atoms with Gasteiger partial charge in [0, 0.05) is 66.7 Å². The predicted octanol–water partition coefficient (Wildman–Crippen LogP) is 19.0. The van der Waals surface area contributed by atoms with Gasteiger partial charge in [-0.1, -0.05) is 225 Å². The molecule has 370 valence electrons. The van der Waals surface area contributed by atoms with E-state index in [1.54, 1.807) is 23.1 Å². The molecule has 0 atom stereocenters. The number of fused-ring (bicyclic) bond motifs is 6. The normalized spacial score (nSPS) is 14.3. The molecule has 0 fully saturated rings. The smallest absolute Gasteiger partial charge is 0.135 e. The number of anilines is 10. The van der Waals surface area contributed by atoms with Crippen LogP contribution in [-0.2, 0) is 26.5 Å². The van der Waals surface area contributed by atoms with Crippen molar-refractivity contribution in [3.05, 3.63) is 279 Å². The van der Waals surface area contributed by atoms with Crippen molar-refractivity contribution in [3.63, 3.8) is 0 Å². The number of para-hydroxylation sites is 5. The third-order valence-corrected chi connectivity index (χ3v) is 13.8. The Hall–Kier alpha value is -8.76. The van der Waals surface area contributed by atoms with Crippen LogP contribution in [0.5, 0.6) is 0 Å². The first-order valence-electron chi connectivity index (χ1n) is 29.8. The largest absolute Gasteiger partial charge is 0.493 e. The van der Waals surface area contributed by atoms with E-state index in [-0.39, 0.29) is 54.4 Å². The maximum atomic E-state index is 9.25. The van der Waals surface area contributed by atoms with Crippen LogP contribution in [0.4, 0.5) is 57.0 Å². The fourth-order valence-corrected chi connectivity index (χ4v) is 10.2. The summed E-state index contributed by atoms with van der Waals surface area (Å²) in [7, 11) is 0. The van der Waals surface area contributed by atoms with Crippen molar-refractivity contribution < 1.29 is 34.8 Å². The Balaban J connectivity index is 0.00000724. The average molecular weight is 1170 g/mol. The Labute approximate surface area is 475 Å².